The van der Waals surface area contributed by atoms with E-state index in [1.54, 1.807) is 0 Å². The van der Waals surface area contributed by atoms with E-state index in [2.05, 4.69) is 9.72 Å². The molecule has 0 aromatic carbocycles. The van der Waals surface area contributed by atoms with Crippen molar-refractivity contribution in [3.63, 3.8) is 0 Å². The predicted octanol–water partition coefficient (Wildman–Crippen LogP) is 3.07. The monoisotopic (exact) mass is 265 g/mol. The second-order valence-electron chi connectivity index (χ2n) is 3.84. The molecule has 2 aromatic heterocycles. The van der Waals surface area contributed by atoms with Gasteiger partial charge in [0.2, 0.25) is 0 Å². The lowest BCUT2D eigenvalue weighted by Gasteiger charge is -1.95. The van der Waals surface area contributed by atoms with Gasteiger partial charge in [-0.15, -0.1) is 11.3 Å². The second kappa shape index (κ2) is 5.82. The number of carbonyl (C=O) groups is 1. The molecule has 0 N–H and O–H groups in total. The smallest absolute Gasteiger partial charge is 0.305 e. The van der Waals surface area contributed by atoms with Crippen LogP contribution in [0, 0.1) is 0 Å². The summed E-state index contributed by atoms with van der Waals surface area (Å²) < 4.78 is 10.2. The molecule has 5 heteroatoms. The summed E-state index contributed by atoms with van der Waals surface area (Å²) in [5.74, 6) is 1.54. The maximum absolute atomic E-state index is 11.0. The van der Waals surface area contributed by atoms with Crippen LogP contribution in [0.25, 0.3) is 10.8 Å². The third kappa shape index (κ3) is 2.98. The van der Waals surface area contributed by atoms with Gasteiger partial charge in [0.25, 0.3) is 0 Å². The van der Waals surface area contributed by atoms with Crippen molar-refractivity contribution in [2.24, 2.45) is 0 Å². The molecule has 2 heterocycles. The molecule has 0 aliphatic rings. The summed E-state index contributed by atoms with van der Waals surface area (Å²) in [5.41, 5.74) is 0.898. The van der Waals surface area contributed by atoms with Crippen LogP contribution in [0.2, 0.25) is 0 Å². The van der Waals surface area contributed by atoms with Crippen molar-refractivity contribution in [3.8, 4) is 10.8 Å². The molecule has 0 atom stereocenters. The first-order chi connectivity index (χ1) is 8.72. The van der Waals surface area contributed by atoms with E-state index >= 15 is 0 Å². The Morgan fingerprint density at radius 1 is 1.50 bits per heavy atom. The van der Waals surface area contributed by atoms with E-state index in [1.807, 2.05) is 24.4 Å². The highest BCUT2D eigenvalue weighted by Gasteiger charge is 2.10. The van der Waals surface area contributed by atoms with Crippen LogP contribution >= 0.6 is 11.3 Å². The fraction of sp³-hybridized carbons (Fsp3) is 0.385. The third-order valence-corrected chi connectivity index (χ3v) is 3.49. The van der Waals surface area contributed by atoms with Crippen LogP contribution in [0.15, 0.2) is 21.9 Å². The third-order valence-electron chi connectivity index (χ3n) is 2.59. The van der Waals surface area contributed by atoms with Gasteiger partial charge >= 0.3 is 5.97 Å². The second-order valence-corrected chi connectivity index (χ2v) is 4.70. The summed E-state index contributed by atoms with van der Waals surface area (Å²) in [7, 11) is 1.39. The Morgan fingerprint density at radius 2 is 2.33 bits per heavy atom. The zero-order valence-electron chi connectivity index (χ0n) is 10.4. The highest BCUT2D eigenvalue weighted by molar-refractivity contribution is 7.13. The lowest BCUT2D eigenvalue weighted by atomic mass is 10.2. The number of thiazole rings is 1. The number of esters is 1. The molecule has 18 heavy (non-hydrogen) atoms. The van der Waals surface area contributed by atoms with Crippen molar-refractivity contribution in [2.75, 3.05) is 7.11 Å². The quantitative estimate of drug-likeness (QED) is 0.780. The topological polar surface area (TPSA) is 52.3 Å². The van der Waals surface area contributed by atoms with Crippen LogP contribution in [0.4, 0.5) is 0 Å². The molecular formula is C13H15NO3S. The number of hydrogen-bond donors (Lipinski definition) is 0. The van der Waals surface area contributed by atoms with E-state index < -0.39 is 0 Å². The Kier molecular flexibility index (Phi) is 4.15. The molecule has 0 unspecified atom stereocenters. The van der Waals surface area contributed by atoms with Crippen LogP contribution in [0.3, 0.4) is 0 Å². The van der Waals surface area contributed by atoms with Gasteiger partial charge in [-0.05, 0) is 12.1 Å². The molecule has 4 nitrogen and oxygen atoms in total. The molecular weight excluding hydrogens is 250 g/mol. The van der Waals surface area contributed by atoms with Crippen molar-refractivity contribution in [1.82, 2.24) is 4.98 Å². The molecule has 0 bridgehead atoms. The van der Waals surface area contributed by atoms with Gasteiger partial charge in [0.15, 0.2) is 10.8 Å². The lowest BCUT2D eigenvalue weighted by molar-refractivity contribution is -0.140. The van der Waals surface area contributed by atoms with Gasteiger partial charge in [-0.25, -0.2) is 4.98 Å². The normalized spacial score (nSPS) is 10.6. The summed E-state index contributed by atoms with van der Waals surface area (Å²) in [6.07, 6.45) is 1.84. The van der Waals surface area contributed by atoms with E-state index in [9.17, 15) is 4.79 Å². The number of hydrogen-bond acceptors (Lipinski definition) is 5. The van der Waals surface area contributed by atoms with Crippen molar-refractivity contribution in [1.29, 1.82) is 0 Å². The minimum absolute atomic E-state index is 0.212. The standard InChI is InChI=1S/C13H15NO3S/c1-3-10-5-6-11(17-10)13-14-9(8-18-13)4-7-12(15)16-2/h5-6,8H,3-4,7H2,1-2H3. The molecule has 0 saturated heterocycles. The average Bonchev–Trinajstić information content (AvgIpc) is 3.03. The predicted molar refractivity (Wildman–Crippen MR) is 69.5 cm³/mol. The minimum Gasteiger partial charge on any atom is -0.469 e. The Labute approximate surface area is 110 Å². The number of furan rings is 1. The van der Waals surface area contributed by atoms with Crippen LogP contribution in [-0.4, -0.2) is 18.1 Å². The van der Waals surface area contributed by atoms with Crippen molar-refractivity contribution in [2.45, 2.75) is 26.2 Å². The summed E-state index contributed by atoms with van der Waals surface area (Å²) in [4.78, 5) is 15.5. The van der Waals surface area contributed by atoms with Crippen LogP contribution in [0.5, 0.6) is 0 Å². The number of rotatable bonds is 5. The number of ether oxygens (including phenoxy) is 1. The van der Waals surface area contributed by atoms with Gasteiger partial charge < -0.3 is 9.15 Å². The Bertz CT molecular complexity index is 530. The summed E-state index contributed by atoms with van der Waals surface area (Å²) >= 11 is 1.53. The fourth-order valence-corrected chi connectivity index (χ4v) is 2.36. The van der Waals surface area contributed by atoms with Gasteiger partial charge in [-0.3, -0.25) is 4.79 Å². The van der Waals surface area contributed by atoms with E-state index in [0.29, 0.717) is 12.8 Å². The minimum atomic E-state index is -0.212. The average molecular weight is 265 g/mol. The molecule has 0 spiro atoms. The van der Waals surface area contributed by atoms with Gasteiger partial charge in [0.1, 0.15) is 5.76 Å². The number of nitrogens with zero attached hydrogens (tertiary/aromatic N) is 1. The zero-order chi connectivity index (χ0) is 13.0. The molecule has 96 valence electrons. The highest BCUT2D eigenvalue weighted by Crippen LogP contribution is 2.26. The van der Waals surface area contributed by atoms with E-state index in [-0.39, 0.29) is 5.97 Å². The van der Waals surface area contributed by atoms with Crippen molar-refractivity contribution < 1.29 is 13.9 Å². The first kappa shape index (κ1) is 12.8. The van der Waals surface area contributed by atoms with Crippen LogP contribution < -0.4 is 0 Å². The van der Waals surface area contributed by atoms with Gasteiger partial charge in [0.05, 0.1) is 19.2 Å². The maximum atomic E-state index is 11.0. The number of methoxy groups -OCH3 is 1. The lowest BCUT2D eigenvalue weighted by Crippen LogP contribution is -2.01. The number of carbonyl (C=O) groups excluding carboxylic acids is 1. The van der Waals surface area contributed by atoms with E-state index in [0.717, 1.165) is 28.6 Å². The van der Waals surface area contributed by atoms with Crippen LogP contribution in [-0.2, 0) is 22.4 Å². The van der Waals surface area contributed by atoms with Crippen molar-refractivity contribution in [3.05, 3.63) is 29.0 Å². The molecule has 0 aliphatic heterocycles. The molecule has 2 aromatic rings. The van der Waals surface area contributed by atoms with E-state index in [1.165, 1.54) is 18.4 Å². The number of aryl methyl sites for hydroxylation is 2. The molecule has 2 rings (SSSR count). The first-order valence-corrected chi connectivity index (χ1v) is 6.71. The molecule has 0 fully saturated rings. The Hall–Kier alpha value is -1.62. The number of aromatic nitrogens is 1. The Morgan fingerprint density at radius 3 is 3.00 bits per heavy atom. The van der Waals surface area contributed by atoms with E-state index in [4.69, 9.17) is 4.42 Å². The molecule has 0 amide bonds. The molecule has 0 saturated carbocycles. The zero-order valence-corrected chi connectivity index (χ0v) is 11.3. The summed E-state index contributed by atoms with van der Waals surface area (Å²) in [6.45, 7) is 2.05. The van der Waals surface area contributed by atoms with Gasteiger partial charge in [-0.2, -0.15) is 0 Å². The maximum Gasteiger partial charge on any atom is 0.305 e. The van der Waals surface area contributed by atoms with Crippen LogP contribution in [0.1, 0.15) is 24.8 Å². The molecule has 0 aliphatic carbocycles. The van der Waals surface area contributed by atoms with Crippen molar-refractivity contribution >= 4 is 17.3 Å². The van der Waals surface area contributed by atoms with Gasteiger partial charge in [0, 0.05) is 18.2 Å². The summed E-state index contributed by atoms with van der Waals surface area (Å²) in [6, 6.07) is 3.90. The fourth-order valence-electron chi connectivity index (χ4n) is 1.55. The first-order valence-electron chi connectivity index (χ1n) is 5.83. The largest absolute Gasteiger partial charge is 0.469 e. The molecule has 0 radical (unpaired) electrons. The van der Waals surface area contributed by atoms with Gasteiger partial charge in [-0.1, -0.05) is 6.92 Å². The summed E-state index contributed by atoms with van der Waals surface area (Å²) in [5, 5.41) is 2.81. The Balaban J connectivity index is 2.03. The SMILES string of the molecule is CCc1ccc(-c2nc(CCC(=O)OC)cs2)o1. The highest BCUT2D eigenvalue weighted by atomic mass is 32.1.